The Hall–Kier alpha value is -1.83. The van der Waals surface area contributed by atoms with Crippen LogP contribution in [0.15, 0.2) is 12.1 Å². The number of aromatic nitrogens is 1. The minimum absolute atomic E-state index is 0.0432. The molecular formula is C13H15F3N2O3. The topological polar surface area (TPSA) is 73.7 Å². The zero-order valence-electron chi connectivity index (χ0n) is 11.5. The quantitative estimate of drug-likeness (QED) is 0.874. The van der Waals surface area contributed by atoms with E-state index >= 15 is 0 Å². The summed E-state index contributed by atoms with van der Waals surface area (Å²) in [6, 6.07) is 1.54. The summed E-state index contributed by atoms with van der Waals surface area (Å²) < 4.78 is 38.2. The molecule has 2 rings (SSSR count). The Morgan fingerprint density at radius 1 is 1.43 bits per heavy atom. The van der Waals surface area contributed by atoms with E-state index in [2.05, 4.69) is 4.98 Å². The summed E-state index contributed by atoms with van der Waals surface area (Å²) in [5.41, 5.74) is -2.01. The lowest BCUT2D eigenvalue weighted by atomic mass is 9.90. The highest BCUT2D eigenvalue weighted by Crippen LogP contribution is 2.36. The first-order chi connectivity index (χ1) is 9.52. The van der Waals surface area contributed by atoms with E-state index in [1.807, 2.05) is 0 Å². The molecule has 1 aliphatic rings. The number of aliphatic hydroxyl groups is 1. The van der Waals surface area contributed by atoms with Crippen LogP contribution in [0, 0.1) is 5.41 Å². The Balaban J connectivity index is 2.48. The maximum atomic E-state index is 12.7. The highest BCUT2D eigenvalue weighted by Gasteiger charge is 2.41. The molecule has 1 aromatic heterocycles. The van der Waals surface area contributed by atoms with Gasteiger partial charge in [0.1, 0.15) is 17.1 Å². The van der Waals surface area contributed by atoms with E-state index in [0.717, 1.165) is 6.07 Å². The Labute approximate surface area is 119 Å². The molecule has 1 aliphatic heterocycles. The van der Waals surface area contributed by atoms with Crippen LogP contribution in [0.2, 0.25) is 0 Å². The second-order valence-corrected chi connectivity index (χ2v) is 5.76. The average molecular weight is 304 g/mol. The molecule has 0 amide bonds. The van der Waals surface area contributed by atoms with Crippen LogP contribution >= 0.6 is 0 Å². The zero-order valence-corrected chi connectivity index (χ0v) is 11.5. The van der Waals surface area contributed by atoms with Gasteiger partial charge in [-0.3, -0.25) is 0 Å². The number of carboxylic acids is 1. The molecule has 1 saturated heterocycles. The number of nitrogens with zero attached hydrogens (tertiary/aromatic N) is 2. The van der Waals surface area contributed by atoms with E-state index in [9.17, 15) is 23.1 Å². The number of β-amino-alcohol motifs (C(OH)–C–C–N with tert-alkyl or cyclic N) is 1. The molecule has 2 N–H and O–H groups in total. The molecule has 21 heavy (non-hydrogen) atoms. The third-order valence-electron chi connectivity index (χ3n) is 3.59. The summed E-state index contributed by atoms with van der Waals surface area (Å²) in [5.74, 6) is -1.62. The van der Waals surface area contributed by atoms with Gasteiger partial charge in [-0.2, -0.15) is 13.2 Å². The van der Waals surface area contributed by atoms with Gasteiger partial charge in [0.15, 0.2) is 0 Å². The molecule has 1 aromatic rings. The summed E-state index contributed by atoms with van der Waals surface area (Å²) >= 11 is 0. The first-order valence-corrected chi connectivity index (χ1v) is 6.27. The highest BCUT2D eigenvalue weighted by atomic mass is 19.4. The van der Waals surface area contributed by atoms with Crippen LogP contribution in [0.5, 0.6) is 0 Å². The molecule has 0 bridgehead atoms. The number of hydrogen-bond donors (Lipinski definition) is 2. The number of carboxylic acid groups (broad SMARTS) is 1. The van der Waals surface area contributed by atoms with Crippen molar-refractivity contribution in [2.24, 2.45) is 5.41 Å². The smallest absolute Gasteiger partial charge is 0.433 e. The third kappa shape index (κ3) is 2.94. The lowest BCUT2D eigenvalue weighted by molar-refractivity contribution is -0.141. The molecule has 1 fully saturated rings. The van der Waals surface area contributed by atoms with Crippen molar-refractivity contribution in [2.45, 2.75) is 26.1 Å². The molecule has 1 unspecified atom stereocenters. The normalized spacial score (nSPS) is 21.6. The van der Waals surface area contributed by atoms with E-state index in [1.165, 1.54) is 4.90 Å². The molecule has 0 aliphatic carbocycles. The Morgan fingerprint density at radius 2 is 2.05 bits per heavy atom. The molecule has 0 saturated carbocycles. The number of halogens is 3. The van der Waals surface area contributed by atoms with Crippen molar-refractivity contribution in [3.8, 4) is 0 Å². The van der Waals surface area contributed by atoms with Crippen molar-refractivity contribution in [1.29, 1.82) is 0 Å². The van der Waals surface area contributed by atoms with Gasteiger partial charge < -0.3 is 15.1 Å². The fraction of sp³-hybridized carbons (Fsp3) is 0.538. The summed E-state index contributed by atoms with van der Waals surface area (Å²) in [7, 11) is 0. The summed E-state index contributed by atoms with van der Waals surface area (Å²) in [6.07, 6.45) is -5.42. The average Bonchev–Trinajstić information content (AvgIpc) is 2.62. The van der Waals surface area contributed by atoms with Crippen LogP contribution in [0.1, 0.15) is 29.9 Å². The van der Waals surface area contributed by atoms with Gasteiger partial charge in [0.25, 0.3) is 0 Å². The SMILES string of the molecule is CC1(C)CN(c2nc(C(F)(F)F)ccc2C(=O)O)CC1O. The zero-order chi connectivity index (χ0) is 16.0. The number of carbonyl (C=O) groups is 1. The molecule has 0 spiro atoms. The highest BCUT2D eigenvalue weighted by molar-refractivity contribution is 5.93. The first-order valence-electron chi connectivity index (χ1n) is 6.27. The van der Waals surface area contributed by atoms with Gasteiger partial charge in [-0.25, -0.2) is 9.78 Å². The first kappa shape index (κ1) is 15.6. The van der Waals surface area contributed by atoms with Gasteiger partial charge in [-0.15, -0.1) is 0 Å². The van der Waals surface area contributed by atoms with Gasteiger partial charge in [0.2, 0.25) is 0 Å². The Bertz CT molecular complexity index is 572. The van der Waals surface area contributed by atoms with E-state index in [0.29, 0.717) is 6.07 Å². The van der Waals surface area contributed by atoms with Crippen molar-refractivity contribution in [2.75, 3.05) is 18.0 Å². The number of anilines is 1. The molecule has 1 atom stereocenters. The van der Waals surface area contributed by atoms with Gasteiger partial charge in [-0.1, -0.05) is 13.8 Å². The summed E-state index contributed by atoms with van der Waals surface area (Å²) in [6.45, 7) is 3.78. The van der Waals surface area contributed by atoms with Crippen molar-refractivity contribution >= 4 is 11.8 Å². The van der Waals surface area contributed by atoms with Gasteiger partial charge in [-0.05, 0) is 12.1 Å². The predicted molar refractivity (Wildman–Crippen MR) is 68.2 cm³/mol. The number of hydrogen-bond acceptors (Lipinski definition) is 4. The van der Waals surface area contributed by atoms with Crippen molar-refractivity contribution in [3.63, 3.8) is 0 Å². The van der Waals surface area contributed by atoms with Crippen LogP contribution in [0.4, 0.5) is 19.0 Å². The van der Waals surface area contributed by atoms with Gasteiger partial charge >= 0.3 is 12.1 Å². The minimum atomic E-state index is -4.65. The molecule has 2 heterocycles. The van der Waals surface area contributed by atoms with Crippen LogP contribution in [-0.2, 0) is 6.18 Å². The number of rotatable bonds is 2. The second kappa shape index (κ2) is 4.87. The fourth-order valence-electron chi connectivity index (χ4n) is 2.29. The summed E-state index contributed by atoms with van der Waals surface area (Å²) in [5, 5.41) is 19.0. The molecule has 8 heteroatoms. The number of alkyl halides is 3. The minimum Gasteiger partial charge on any atom is -0.478 e. The van der Waals surface area contributed by atoms with Crippen LogP contribution < -0.4 is 4.90 Å². The lowest BCUT2D eigenvalue weighted by Gasteiger charge is -2.22. The Kier molecular flexibility index (Phi) is 3.61. The summed E-state index contributed by atoms with van der Waals surface area (Å²) in [4.78, 5) is 16.0. The second-order valence-electron chi connectivity index (χ2n) is 5.76. The Morgan fingerprint density at radius 3 is 2.48 bits per heavy atom. The van der Waals surface area contributed by atoms with Crippen molar-refractivity contribution < 1.29 is 28.2 Å². The monoisotopic (exact) mass is 304 g/mol. The standard InChI is InChI=1S/C13H15F3N2O3/c1-12(2)6-18(5-9(12)19)10-7(11(20)21)3-4-8(17-10)13(14,15)16/h3-4,9,19H,5-6H2,1-2H3,(H,20,21). The third-order valence-corrected chi connectivity index (χ3v) is 3.59. The van der Waals surface area contributed by atoms with E-state index < -0.39 is 29.4 Å². The van der Waals surface area contributed by atoms with Crippen molar-refractivity contribution in [3.05, 3.63) is 23.4 Å². The van der Waals surface area contributed by atoms with Crippen LogP contribution in [0.25, 0.3) is 0 Å². The maximum Gasteiger partial charge on any atom is 0.433 e. The molecular weight excluding hydrogens is 289 g/mol. The van der Waals surface area contributed by atoms with E-state index in [1.54, 1.807) is 13.8 Å². The van der Waals surface area contributed by atoms with Gasteiger partial charge in [0.05, 0.1) is 6.10 Å². The maximum absolute atomic E-state index is 12.7. The molecule has 0 radical (unpaired) electrons. The molecule has 5 nitrogen and oxygen atoms in total. The van der Waals surface area contributed by atoms with Gasteiger partial charge in [0, 0.05) is 18.5 Å². The van der Waals surface area contributed by atoms with Crippen LogP contribution in [0.3, 0.4) is 0 Å². The number of aliphatic hydroxyl groups excluding tert-OH is 1. The number of pyridine rings is 1. The van der Waals surface area contributed by atoms with Crippen LogP contribution in [-0.4, -0.2) is 40.4 Å². The fourth-order valence-corrected chi connectivity index (χ4v) is 2.29. The van der Waals surface area contributed by atoms with E-state index in [-0.39, 0.29) is 24.5 Å². The molecule has 0 aromatic carbocycles. The predicted octanol–water partition coefficient (Wildman–Crippen LogP) is 2.01. The largest absolute Gasteiger partial charge is 0.478 e. The number of aromatic carboxylic acids is 1. The van der Waals surface area contributed by atoms with Crippen molar-refractivity contribution in [1.82, 2.24) is 4.98 Å². The van der Waals surface area contributed by atoms with E-state index in [4.69, 9.17) is 5.11 Å². The lowest BCUT2D eigenvalue weighted by Crippen LogP contribution is -2.27. The molecule has 116 valence electrons.